The number of thioether (sulfide) groups is 1. The first-order valence-electron chi connectivity index (χ1n) is 5.28. The number of aliphatic carboxylic acids is 1. The molecule has 1 aromatic rings. The molecule has 0 saturated heterocycles. The van der Waals surface area contributed by atoms with Crippen molar-refractivity contribution < 1.29 is 14.7 Å². The smallest absolute Gasteiger partial charge is 0.329 e. The van der Waals surface area contributed by atoms with Gasteiger partial charge in [-0.1, -0.05) is 12.1 Å². The Labute approximate surface area is 103 Å². The largest absolute Gasteiger partial charge is 0.480 e. The summed E-state index contributed by atoms with van der Waals surface area (Å²) in [6, 6.07) is 7.18. The second kappa shape index (κ2) is 4.41. The first kappa shape index (κ1) is 12.0. The molecular weight excluding hydrogens is 238 g/mol. The van der Waals surface area contributed by atoms with Crippen molar-refractivity contribution in [3.05, 3.63) is 29.8 Å². The number of carbonyl (C=O) groups is 2. The van der Waals surface area contributed by atoms with Crippen LogP contribution in [0.1, 0.15) is 23.2 Å². The van der Waals surface area contributed by atoms with Gasteiger partial charge >= 0.3 is 5.97 Å². The summed E-state index contributed by atoms with van der Waals surface area (Å²) < 4.78 is 0. The van der Waals surface area contributed by atoms with E-state index in [1.165, 1.54) is 11.8 Å². The van der Waals surface area contributed by atoms with Gasteiger partial charge in [-0.15, -0.1) is 11.8 Å². The normalized spacial score (nSPS) is 16.3. The van der Waals surface area contributed by atoms with Crippen LogP contribution in [0, 0.1) is 0 Å². The lowest BCUT2D eigenvalue weighted by molar-refractivity contribution is -0.140. The fraction of sp³-hybridized carbons (Fsp3) is 0.333. The summed E-state index contributed by atoms with van der Waals surface area (Å²) >= 11 is 1.47. The molecule has 0 spiro atoms. The Balaban J connectivity index is 2.18. The van der Waals surface area contributed by atoms with Gasteiger partial charge < -0.3 is 10.4 Å². The Kier molecular flexibility index (Phi) is 3.11. The predicted octanol–water partition coefficient (Wildman–Crippen LogP) is 1.76. The number of hydrogen-bond acceptors (Lipinski definition) is 3. The van der Waals surface area contributed by atoms with Crippen LogP contribution in [0.4, 0.5) is 0 Å². The minimum Gasteiger partial charge on any atom is -0.480 e. The lowest BCUT2D eigenvalue weighted by Gasteiger charge is -2.13. The highest BCUT2D eigenvalue weighted by molar-refractivity contribution is 7.98. The average Bonchev–Trinajstić information content (AvgIpc) is 3.10. The van der Waals surface area contributed by atoms with E-state index in [9.17, 15) is 9.59 Å². The third kappa shape index (κ3) is 2.29. The van der Waals surface area contributed by atoms with E-state index in [2.05, 4.69) is 5.32 Å². The number of rotatable bonds is 4. The molecule has 1 aromatic carbocycles. The van der Waals surface area contributed by atoms with Gasteiger partial charge in [-0.2, -0.15) is 0 Å². The summed E-state index contributed by atoms with van der Waals surface area (Å²) in [6.07, 6.45) is 2.90. The molecule has 2 N–H and O–H groups in total. The maximum Gasteiger partial charge on any atom is 0.329 e. The molecule has 0 unspecified atom stereocenters. The van der Waals surface area contributed by atoms with Crippen LogP contribution in [0.25, 0.3) is 0 Å². The number of carboxylic acids is 1. The Morgan fingerprint density at radius 2 is 2.00 bits per heavy atom. The van der Waals surface area contributed by atoms with Crippen molar-refractivity contribution in [1.82, 2.24) is 5.32 Å². The molecule has 5 heteroatoms. The molecule has 1 aliphatic rings. The van der Waals surface area contributed by atoms with Gasteiger partial charge in [0.2, 0.25) is 0 Å². The first-order chi connectivity index (χ1) is 8.09. The fourth-order valence-electron chi connectivity index (χ4n) is 1.63. The van der Waals surface area contributed by atoms with Gasteiger partial charge in [-0.25, -0.2) is 4.79 Å². The summed E-state index contributed by atoms with van der Waals surface area (Å²) in [5.74, 6) is -1.26. The summed E-state index contributed by atoms with van der Waals surface area (Å²) in [4.78, 5) is 23.8. The molecule has 0 aromatic heterocycles. The Morgan fingerprint density at radius 3 is 2.53 bits per heavy atom. The summed E-state index contributed by atoms with van der Waals surface area (Å²) in [6.45, 7) is 0. The van der Waals surface area contributed by atoms with Crippen LogP contribution in [0.2, 0.25) is 0 Å². The number of amides is 1. The fourth-order valence-corrected chi connectivity index (χ4v) is 2.23. The van der Waals surface area contributed by atoms with Gasteiger partial charge in [0.25, 0.3) is 5.91 Å². The lowest BCUT2D eigenvalue weighted by atomic mass is 10.2. The highest BCUT2D eigenvalue weighted by Gasteiger charge is 2.51. The Hall–Kier alpha value is -1.49. The van der Waals surface area contributed by atoms with Crippen molar-refractivity contribution in [2.24, 2.45) is 0 Å². The molecule has 2 rings (SSSR count). The number of hydrogen-bond donors (Lipinski definition) is 2. The van der Waals surface area contributed by atoms with E-state index in [0.717, 1.165) is 4.90 Å². The molecule has 1 saturated carbocycles. The van der Waals surface area contributed by atoms with Gasteiger partial charge in [-0.05, 0) is 31.2 Å². The van der Waals surface area contributed by atoms with Crippen LogP contribution >= 0.6 is 11.8 Å². The molecule has 0 radical (unpaired) electrons. The van der Waals surface area contributed by atoms with Crippen LogP contribution in [0.5, 0.6) is 0 Å². The summed E-state index contributed by atoms with van der Waals surface area (Å²) in [5, 5.41) is 11.6. The van der Waals surface area contributed by atoms with E-state index < -0.39 is 11.5 Å². The van der Waals surface area contributed by atoms with Crippen LogP contribution < -0.4 is 5.32 Å². The molecule has 1 fully saturated rings. The zero-order valence-electron chi connectivity index (χ0n) is 9.40. The lowest BCUT2D eigenvalue weighted by Crippen LogP contribution is -2.43. The second-order valence-corrected chi connectivity index (χ2v) is 4.89. The Bertz CT molecular complexity index is 469. The molecule has 1 aliphatic carbocycles. The molecule has 4 nitrogen and oxygen atoms in total. The molecular formula is C12H13NO3S. The predicted molar refractivity (Wildman–Crippen MR) is 65.3 cm³/mol. The molecule has 0 bridgehead atoms. The van der Waals surface area contributed by atoms with Crippen molar-refractivity contribution in [3.8, 4) is 0 Å². The van der Waals surface area contributed by atoms with E-state index in [-0.39, 0.29) is 5.91 Å². The standard InChI is InChI=1S/C12H13NO3S/c1-17-9-5-3-2-4-8(9)10(14)13-12(6-7-12)11(15)16/h2-5H,6-7H2,1H3,(H,13,14)(H,15,16). The third-order valence-electron chi connectivity index (χ3n) is 2.86. The molecule has 0 heterocycles. The van der Waals surface area contributed by atoms with E-state index in [0.29, 0.717) is 18.4 Å². The van der Waals surface area contributed by atoms with Crippen molar-refractivity contribution >= 4 is 23.6 Å². The number of nitrogens with one attached hydrogen (secondary N) is 1. The van der Waals surface area contributed by atoms with Crippen LogP contribution in [-0.2, 0) is 4.79 Å². The minimum atomic E-state index is -1.03. The minimum absolute atomic E-state index is 0.310. The maximum atomic E-state index is 12.0. The van der Waals surface area contributed by atoms with Crippen LogP contribution in [-0.4, -0.2) is 28.8 Å². The van der Waals surface area contributed by atoms with Crippen LogP contribution in [0.3, 0.4) is 0 Å². The monoisotopic (exact) mass is 251 g/mol. The van der Waals surface area contributed by atoms with E-state index in [4.69, 9.17) is 5.11 Å². The third-order valence-corrected chi connectivity index (χ3v) is 3.66. The van der Waals surface area contributed by atoms with Crippen molar-refractivity contribution in [1.29, 1.82) is 0 Å². The Morgan fingerprint density at radius 1 is 1.35 bits per heavy atom. The molecule has 0 aliphatic heterocycles. The SMILES string of the molecule is CSc1ccccc1C(=O)NC1(C(=O)O)CC1. The quantitative estimate of drug-likeness (QED) is 0.800. The van der Waals surface area contributed by atoms with Gasteiger partial charge in [0.05, 0.1) is 5.56 Å². The van der Waals surface area contributed by atoms with Gasteiger partial charge in [0, 0.05) is 4.90 Å². The maximum absolute atomic E-state index is 12.0. The molecule has 1 amide bonds. The van der Waals surface area contributed by atoms with Crippen LogP contribution in [0.15, 0.2) is 29.2 Å². The van der Waals surface area contributed by atoms with Crippen molar-refractivity contribution in [3.63, 3.8) is 0 Å². The zero-order valence-corrected chi connectivity index (χ0v) is 10.2. The molecule has 0 atom stereocenters. The van der Waals surface area contributed by atoms with Crippen molar-refractivity contribution in [2.45, 2.75) is 23.3 Å². The second-order valence-electron chi connectivity index (χ2n) is 4.04. The van der Waals surface area contributed by atoms with Gasteiger partial charge in [-0.3, -0.25) is 4.79 Å². The van der Waals surface area contributed by atoms with E-state index >= 15 is 0 Å². The highest BCUT2D eigenvalue weighted by atomic mass is 32.2. The topological polar surface area (TPSA) is 66.4 Å². The first-order valence-corrected chi connectivity index (χ1v) is 6.50. The van der Waals surface area contributed by atoms with Crippen molar-refractivity contribution in [2.75, 3.05) is 6.26 Å². The average molecular weight is 251 g/mol. The number of carboxylic acid groups (broad SMARTS) is 1. The van der Waals surface area contributed by atoms with Gasteiger partial charge in [0.15, 0.2) is 0 Å². The number of benzene rings is 1. The highest BCUT2D eigenvalue weighted by Crippen LogP contribution is 2.36. The zero-order chi connectivity index (χ0) is 12.5. The van der Waals surface area contributed by atoms with E-state index in [1.807, 2.05) is 18.4 Å². The molecule has 17 heavy (non-hydrogen) atoms. The summed E-state index contributed by atoms with van der Waals surface area (Å²) in [7, 11) is 0. The summed E-state index contributed by atoms with van der Waals surface area (Å²) in [5.41, 5.74) is -0.490. The number of carbonyl (C=O) groups excluding carboxylic acids is 1. The van der Waals surface area contributed by atoms with E-state index in [1.54, 1.807) is 12.1 Å². The molecule has 90 valence electrons. The van der Waals surface area contributed by atoms with Gasteiger partial charge in [0.1, 0.15) is 5.54 Å².